The molecule has 0 radical (unpaired) electrons. The first-order valence-electron chi connectivity index (χ1n) is 6.70. The van der Waals surface area contributed by atoms with Gasteiger partial charge in [-0.2, -0.15) is 0 Å². The summed E-state index contributed by atoms with van der Waals surface area (Å²) in [6.45, 7) is 4.69. The fourth-order valence-electron chi connectivity index (χ4n) is 2.17. The van der Waals surface area contributed by atoms with Crippen molar-refractivity contribution in [1.29, 1.82) is 0 Å². The van der Waals surface area contributed by atoms with Crippen LogP contribution in [0.15, 0.2) is 0 Å². The fraction of sp³-hybridized carbons (Fsp3) is 0.846. The lowest BCUT2D eigenvalue weighted by Gasteiger charge is -2.30. The Bertz CT molecular complexity index is 280. The van der Waals surface area contributed by atoms with Crippen LogP contribution in [-0.4, -0.2) is 49.6 Å². The molecule has 0 aliphatic carbocycles. The van der Waals surface area contributed by atoms with Crippen LogP contribution in [0, 0.1) is 11.8 Å². The molecule has 1 rings (SSSR count). The van der Waals surface area contributed by atoms with Crippen molar-refractivity contribution < 1.29 is 28.9 Å². The van der Waals surface area contributed by atoms with Crippen LogP contribution < -0.4 is 0 Å². The number of carbonyl (C=O) groups is 2. The lowest BCUT2D eigenvalue weighted by molar-refractivity contribution is -0.170. The normalized spacial score (nSPS) is 18.1. The molecule has 1 saturated heterocycles. The topological polar surface area (TPSA) is 82.1 Å². The van der Waals surface area contributed by atoms with E-state index in [0.29, 0.717) is 26.1 Å². The van der Waals surface area contributed by atoms with Gasteiger partial charge in [-0.15, -0.1) is 0 Å². The van der Waals surface area contributed by atoms with E-state index in [-0.39, 0.29) is 19.1 Å². The fourth-order valence-corrected chi connectivity index (χ4v) is 2.17. The zero-order valence-corrected chi connectivity index (χ0v) is 11.5. The maximum atomic E-state index is 11.8. The van der Waals surface area contributed by atoms with E-state index < -0.39 is 24.0 Å². The third kappa shape index (κ3) is 4.47. The Kier molecular flexibility index (Phi) is 6.80. The summed E-state index contributed by atoms with van der Waals surface area (Å²) in [7, 11) is 0. The molecule has 1 heterocycles. The van der Waals surface area contributed by atoms with E-state index in [9.17, 15) is 14.7 Å². The van der Waals surface area contributed by atoms with Crippen LogP contribution in [0.2, 0.25) is 0 Å². The van der Waals surface area contributed by atoms with Crippen LogP contribution in [0.4, 0.5) is 0 Å². The predicted molar refractivity (Wildman–Crippen MR) is 66.3 cm³/mol. The van der Waals surface area contributed by atoms with Gasteiger partial charge in [-0.25, -0.2) is 0 Å². The third-order valence-corrected chi connectivity index (χ3v) is 3.17. The number of ether oxygens (including phenoxy) is 3. The second-order valence-corrected chi connectivity index (χ2v) is 4.42. The molecule has 0 spiro atoms. The summed E-state index contributed by atoms with van der Waals surface area (Å²) in [6.07, 6.45) is 0.162. The van der Waals surface area contributed by atoms with Gasteiger partial charge >= 0.3 is 11.9 Å². The number of carbonyl (C=O) groups excluding carboxylic acids is 2. The first kappa shape index (κ1) is 15.9. The number of aliphatic hydroxyl groups excluding tert-OH is 1. The third-order valence-electron chi connectivity index (χ3n) is 3.17. The molecular weight excluding hydrogens is 252 g/mol. The smallest absolute Gasteiger partial charge is 0.323 e. The van der Waals surface area contributed by atoms with Gasteiger partial charge < -0.3 is 19.3 Å². The quantitative estimate of drug-likeness (QED) is 0.561. The highest BCUT2D eigenvalue weighted by Crippen LogP contribution is 2.25. The van der Waals surface area contributed by atoms with E-state index in [4.69, 9.17) is 14.2 Å². The minimum Gasteiger partial charge on any atom is -0.465 e. The lowest BCUT2D eigenvalue weighted by atomic mass is 9.85. The van der Waals surface area contributed by atoms with Gasteiger partial charge in [0, 0.05) is 13.2 Å². The number of hydrogen-bond donors (Lipinski definition) is 1. The summed E-state index contributed by atoms with van der Waals surface area (Å²) >= 11 is 0. The summed E-state index contributed by atoms with van der Waals surface area (Å²) in [5.41, 5.74) is 0. The van der Waals surface area contributed by atoms with Crippen molar-refractivity contribution in [3.05, 3.63) is 0 Å². The van der Waals surface area contributed by atoms with Crippen LogP contribution in [0.1, 0.15) is 26.7 Å². The van der Waals surface area contributed by atoms with Crippen molar-refractivity contribution >= 4 is 11.9 Å². The minimum atomic E-state index is -1.26. The van der Waals surface area contributed by atoms with Crippen molar-refractivity contribution in [2.75, 3.05) is 26.4 Å². The van der Waals surface area contributed by atoms with Crippen LogP contribution in [0.3, 0.4) is 0 Å². The van der Waals surface area contributed by atoms with E-state index in [1.165, 1.54) is 0 Å². The van der Waals surface area contributed by atoms with Gasteiger partial charge in [-0.05, 0) is 32.6 Å². The molecule has 1 atom stereocenters. The van der Waals surface area contributed by atoms with Crippen LogP contribution in [-0.2, 0) is 23.8 Å². The zero-order valence-electron chi connectivity index (χ0n) is 11.5. The lowest BCUT2D eigenvalue weighted by Crippen LogP contribution is -2.43. The average molecular weight is 274 g/mol. The number of aliphatic hydroxyl groups is 1. The van der Waals surface area contributed by atoms with Gasteiger partial charge in [0.2, 0.25) is 0 Å². The molecule has 0 saturated carbocycles. The number of hydrogen-bond acceptors (Lipinski definition) is 6. The summed E-state index contributed by atoms with van der Waals surface area (Å²) in [5.74, 6) is -2.85. The molecule has 1 aliphatic heterocycles. The Morgan fingerprint density at radius 1 is 1.16 bits per heavy atom. The number of esters is 2. The Hall–Kier alpha value is -1.14. The summed E-state index contributed by atoms with van der Waals surface area (Å²) in [4.78, 5) is 23.7. The second kappa shape index (κ2) is 8.12. The first-order valence-corrected chi connectivity index (χ1v) is 6.70. The molecule has 0 bridgehead atoms. The molecule has 0 aromatic carbocycles. The Morgan fingerprint density at radius 2 is 1.63 bits per heavy atom. The molecule has 19 heavy (non-hydrogen) atoms. The summed E-state index contributed by atoms with van der Waals surface area (Å²) in [6, 6.07) is 0. The second-order valence-electron chi connectivity index (χ2n) is 4.42. The van der Waals surface area contributed by atoms with Crippen molar-refractivity contribution in [3.63, 3.8) is 0 Å². The van der Waals surface area contributed by atoms with Crippen LogP contribution in [0.5, 0.6) is 0 Å². The Morgan fingerprint density at radius 3 is 2.05 bits per heavy atom. The summed E-state index contributed by atoms with van der Waals surface area (Å²) < 4.78 is 14.9. The van der Waals surface area contributed by atoms with Gasteiger partial charge in [0.15, 0.2) is 5.92 Å². The predicted octanol–water partition coefficient (Wildman–Crippen LogP) is 0.516. The van der Waals surface area contributed by atoms with E-state index in [0.717, 1.165) is 0 Å². The molecule has 6 nitrogen and oxygen atoms in total. The molecule has 1 fully saturated rings. The molecule has 0 amide bonds. The molecule has 1 unspecified atom stereocenters. The molecule has 6 heteroatoms. The van der Waals surface area contributed by atoms with Gasteiger partial charge in [-0.3, -0.25) is 9.59 Å². The molecule has 0 aromatic heterocycles. The van der Waals surface area contributed by atoms with Gasteiger partial charge in [0.05, 0.1) is 19.3 Å². The summed E-state index contributed by atoms with van der Waals surface area (Å²) in [5, 5.41) is 10.3. The van der Waals surface area contributed by atoms with E-state index in [1.807, 2.05) is 0 Å². The van der Waals surface area contributed by atoms with Gasteiger partial charge in [0.1, 0.15) is 0 Å². The van der Waals surface area contributed by atoms with Crippen LogP contribution >= 0.6 is 0 Å². The zero-order chi connectivity index (χ0) is 14.3. The van der Waals surface area contributed by atoms with E-state index in [2.05, 4.69) is 0 Å². The molecule has 1 N–H and O–H groups in total. The first-order chi connectivity index (χ1) is 9.11. The Balaban J connectivity index is 2.75. The SMILES string of the molecule is CCOC(=O)C(C(=O)OCC)C(O)C1CCOCC1. The maximum absolute atomic E-state index is 11.8. The molecule has 1 aliphatic rings. The van der Waals surface area contributed by atoms with Gasteiger partial charge in [0.25, 0.3) is 0 Å². The molecule has 110 valence electrons. The highest BCUT2D eigenvalue weighted by molar-refractivity contribution is 5.95. The van der Waals surface area contributed by atoms with Crippen molar-refractivity contribution in [1.82, 2.24) is 0 Å². The number of rotatable bonds is 6. The highest BCUT2D eigenvalue weighted by atomic mass is 16.6. The van der Waals surface area contributed by atoms with Crippen molar-refractivity contribution in [2.45, 2.75) is 32.8 Å². The van der Waals surface area contributed by atoms with Crippen molar-refractivity contribution in [3.8, 4) is 0 Å². The van der Waals surface area contributed by atoms with Gasteiger partial charge in [-0.1, -0.05) is 0 Å². The van der Waals surface area contributed by atoms with E-state index >= 15 is 0 Å². The van der Waals surface area contributed by atoms with Crippen LogP contribution in [0.25, 0.3) is 0 Å². The maximum Gasteiger partial charge on any atom is 0.323 e. The van der Waals surface area contributed by atoms with E-state index in [1.54, 1.807) is 13.8 Å². The highest BCUT2D eigenvalue weighted by Gasteiger charge is 2.41. The molecular formula is C13H22O6. The standard InChI is InChI=1S/C13H22O6/c1-3-18-12(15)10(13(16)19-4-2)11(14)9-5-7-17-8-6-9/h9-11,14H,3-8H2,1-2H3. The molecule has 0 aromatic rings. The average Bonchev–Trinajstić information content (AvgIpc) is 2.40. The largest absolute Gasteiger partial charge is 0.465 e. The van der Waals surface area contributed by atoms with Crippen molar-refractivity contribution in [2.24, 2.45) is 11.8 Å². The minimum absolute atomic E-state index is 0.146. The monoisotopic (exact) mass is 274 g/mol. The Labute approximate surface area is 113 Å².